The molecule has 2 atom stereocenters. The Balaban J connectivity index is 1.82. The minimum atomic E-state index is -0.200. The second-order valence-electron chi connectivity index (χ2n) is 4.93. The first-order valence-corrected chi connectivity index (χ1v) is 6.60. The molecule has 98 valence electrons. The van der Waals surface area contributed by atoms with E-state index in [0.29, 0.717) is 6.61 Å². The minimum Gasteiger partial charge on any atom is -0.488 e. The standard InChI is InChI=1S/C14H18FNO2/c15-10-3-4-14(18-11-5-7-17-9-11)12(8-10)13-2-1-6-16-13/h3-4,8,11,13,16H,1-2,5-7,9H2/t11?,13-/m1/s1. The summed E-state index contributed by atoms with van der Waals surface area (Å²) < 4.78 is 24.7. The maximum atomic E-state index is 13.4. The van der Waals surface area contributed by atoms with Crippen LogP contribution in [0.3, 0.4) is 0 Å². The highest BCUT2D eigenvalue weighted by molar-refractivity contribution is 5.37. The molecule has 18 heavy (non-hydrogen) atoms. The zero-order valence-electron chi connectivity index (χ0n) is 10.3. The number of nitrogens with one attached hydrogen (secondary N) is 1. The largest absolute Gasteiger partial charge is 0.488 e. The predicted molar refractivity (Wildman–Crippen MR) is 66.2 cm³/mol. The Kier molecular flexibility index (Phi) is 3.48. The molecule has 0 aromatic heterocycles. The van der Waals surface area contributed by atoms with E-state index >= 15 is 0 Å². The monoisotopic (exact) mass is 251 g/mol. The smallest absolute Gasteiger partial charge is 0.124 e. The molecule has 2 aliphatic heterocycles. The molecule has 2 fully saturated rings. The zero-order chi connectivity index (χ0) is 12.4. The van der Waals surface area contributed by atoms with Crippen molar-refractivity contribution in [2.45, 2.75) is 31.4 Å². The van der Waals surface area contributed by atoms with Gasteiger partial charge in [0, 0.05) is 18.0 Å². The molecule has 0 saturated carbocycles. The van der Waals surface area contributed by atoms with Gasteiger partial charge in [0.1, 0.15) is 17.7 Å². The molecule has 2 aliphatic rings. The zero-order valence-corrected chi connectivity index (χ0v) is 10.3. The highest BCUT2D eigenvalue weighted by atomic mass is 19.1. The van der Waals surface area contributed by atoms with Crippen LogP contribution in [0, 0.1) is 5.82 Å². The van der Waals surface area contributed by atoms with E-state index in [1.807, 2.05) is 0 Å². The number of hydrogen-bond acceptors (Lipinski definition) is 3. The van der Waals surface area contributed by atoms with Crippen molar-refractivity contribution in [2.75, 3.05) is 19.8 Å². The van der Waals surface area contributed by atoms with Gasteiger partial charge in [-0.25, -0.2) is 4.39 Å². The number of benzene rings is 1. The van der Waals surface area contributed by atoms with Gasteiger partial charge in [-0.3, -0.25) is 0 Å². The minimum absolute atomic E-state index is 0.107. The molecule has 1 unspecified atom stereocenters. The van der Waals surface area contributed by atoms with Gasteiger partial charge in [-0.2, -0.15) is 0 Å². The second kappa shape index (κ2) is 5.24. The van der Waals surface area contributed by atoms with Crippen LogP contribution >= 0.6 is 0 Å². The van der Waals surface area contributed by atoms with Crippen LogP contribution in [0.2, 0.25) is 0 Å². The summed E-state index contributed by atoms with van der Waals surface area (Å²) in [5.41, 5.74) is 0.944. The fourth-order valence-electron chi connectivity index (χ4n) is 2.63. The summed E-state index contributed by atoms with van der Waals surface area (Å²) in [6.45, 7) is 2.38. The van der Waals surface area contributed by atoms with Crippen LogP contribution < -0.4 is 10.1 Å². The summed E-state index contributed by atoms with van der Waals surface area (Å²) in [5.74, 6) is 0.597. The van der Waals surface area contributed by atoms with E-state index in [4.69, 9.17) is 9.47 Å². The molecule has 0 radical (unpaired) electrons. The summed E-state index contributed by atoms with van der Waals surface area (Å²) in [7, 11) is 0. The third-order valence-corrected chi connectivity index (χ3v) is 3.59. The second-order valence-corrected chi connectivity index (χ2v) is 4.93. The third-order valence-electron chi connectivity index (χ3n) is 3.59. The average molecular weight is 251 g/mol. The quantitative estimate of drug-likeness (QED) is 0.895. The first-order valence-electron chi connectivity index (χ1n) is 6.60. The van der Waals surface area contributed by atoms with Gasteiger partial charge in [0.25, 0.3) is 0 Å². The van der Waals surface area contributed by atoms with Crippen molar-refractivity contribution in [3.8, 4) is 5.75 Å². The Morgan fingerprint density at radius 2 is 2.28 bits per heavy atom. The van der Waals surface area contributed by atoms with Gasteiger partial charge in [0.2, 0.25) is 0 Å². The molecule has 0 aliphatic carbocycles. The van der Waals surface area contributed by atoms with E-state index in [2.05, 4.69) is 5.32 Å². The lowest BCUT2D eigenvalue weighted by molar-refractivity contribution is 0.140. The van der Waals surface area contributed by atoms with Gasteiger partial charge < -0.3 is 14.8 Å². The topological polar surface area (TPSA) is 30.5 Å². The average Bonchev–Trinajstić information content (AvgIpc) is 3.04. The molecule has 1 N–H and O–H groups in total. The van der Waals surface area contributed by atoms with Crippen LogP contribution in [0.5, 0.6) is 5.75 Å². The van der Waals surface area contributed by atoms with E-state index < -0.39 is 0 Å². The first-order chi connectivity index (χ1) is 8.83. The van der Waals surface area contributed by atoms with Crippen LogP contribution in [0.4, 0.5) is 4.39 Å². The summed E-state index contributed by atoms with van der Waals surface area (Å²) >= 11 is 0. The Hall–Kier alpha value is -1.13. The summed E-state index contributed by atoms with van der Waals surface area (Å²) in [6, 6.07) is 5.01. The summed E-state index contributed by atoms with van der Waals surface area (Å²) in [5, 5.41) is 3.39. The lowest BCUT2D eigenvalue weighted by atomic mass is 10.0. The van der Waals surface area contributed by atoms with Crippen molar-refractivity contribution in [3.63, 3.8) is 0 Å². The van der Waals surface area contributed by atoms with Crippen LogP contribution in [0.15, 0.2) is 18.2 Å². The van der Waals surface area contributed by atoms with E-state index in [9.17, 15) is 4.39 Å². The van der Waals surface area contributed by atoms with Crippen LogP contribution in [-0.4, -0.2) is 25.9 Å². The number of rotatable bonds is 3. The maximum absolute atomic E-state index is 13.4. The van der Waals surface area contributed by atoms with Crippen LogP contribution in [0.1, 0.15) is 30.9 Å². The van der Waals surface area contributed by atoms with Crippen molar-refractivity contribution < 1.29 is 13.9 Å². The number of halogens is 1. The molecule has 0 spiro atoms. The molecule has 3 nitrogen and oxygen atoms in total. The van der Waals surface area contributed by atoms with Gasteiger partial charge in [-0.05, 0) is 37.6 Å². The van der Waals surface area contributed by atoms with Crippen molar-refractivity contribution in [2.24, 2.45) is 0 Å². The molecule has 2 saturated heterocycles. The van der Waals surface area contributed by atoms with Crippen molar-refractivity contribution in [1.29, 1.82) is 0 Å². The molecular weight excluding hydrogens is 233 g/mol. The van der Waals surface area contributed by atoms with E-state index in [1.54, 1.807) is 12.1 Å². The third kappa shape index (κ3) is 2.49. The van der Waals surface area contributed by atoms with Gasteiger partial charge in [-0.1, -0.05) is 0 Å². The molecule has 1 aromatic carbocycles. The fourth-order valence-corrected chi connectivity index (χ4v) is 2.63. The molecule has 4 heteroatoms. The van der Waals surface area contributed by atoms with Crippen LogP contribution in [-0.2, 0) is 4.74 Å². The van der Waals surface area contributed by atoms with Gasteiger partial charge >= 0.3 is 0 Å². The molecule has 3 rings (SSSR count). The van der Waals surface area contributed by atoms with E-state index in [-0.39, 0.29) is 18.0 Å². The molecular formula is C14H18FNO2. The summed E-state index contributed by atoms with van der Waals surface area (Å²) in [4.78, 5) is 0. The Bertz CT molecular complexity index is 412. The lowest BCUT2D eigenvalue weighted by Gasteiger charge is -2.19. The number of ether oxygens (including phenoxy) is 2. The molecule has 2 heterocycles. The van der Waals surface area contributed by atoms with Crippen molar-refractivity contribution in [1.82, 2.24) is 5.32 Å². The fraction of sp³-hybridized carbons (Fsp3) is 0.571. The molecule has 0 bridgehead atoms. The van der Waals surface area contributed by atoms with E-state index in [1.165, 1.54) is 6.07 Å². The van der Waals surface area contributed by atoms with Crippen molar-refractivity contribution in [3.05, 3.63) is 29.6 Å². The van der Waals surface area contributed by atoms with Crippen molar-refractivity contribution >= 4 is 0 Å². The SMILES string of the molecule is Fc1ccc(OC2CCOC2)c([C@H]2CCCN2)c1. The highest BCUT2D eigenvalue weighted by Crippen LogP contribution is 2.32. The lowest BCUT2D eigenvalue weighted by Crippen LogP contribution is -2.19. The van der Waals surface area contributed by atoms with Crippen LogP contribution in [0.25, 0.3) is 0 Å². The molecule has 1 aromatic rings. The number of hydrogen-bond donors (Lipinski definition) is 1. The van der Waals surface area contributed by atoms with Gasteiger partial charge in [0.05, 0.1) is 13.2 Å². The normalized spacial score (nSPS) is 27.6. The van der Waals surface area contributed by atoms with Gasteiger partial charge in [0.15, 0.2) is 0 Å². The Morgan fingerprint density at radius 1 is 1.33 bits per heavy atom. The summed E-state index contributed by atoms with van der Waals surface area (Å²) in [6.07, 6.45) is 3.19. The predicted octanol–water partition coefficient (Wildman–Crippen LogP) is 2.42. The first kappa shape index (κ1) is 11.9. The highest BCUT2D eigenvalue weighted by Gasteiger charge is 2.23. The maximum Gasteiger partial charge on any atom is 0.124 e. The Labute approximate surface area is 106 Å². The van der Waals surface area contributed by atoms with Gasteiger partial charge in [-0.15, -0.1) is 0 Å². The van der Waals surface area contributed by atoms with E-state index in [0.717, 1.165) is 43.7 Å². The Morgan fingerprint density at radius 3 is 3.00 bits per heavy atom. The molecule has 0 amide bonds.